The van der Waals surface area contributed by atoms with Gasteiger partial charge in [0.15, 0.2) is 6.17 Å². The molecular weight excluding hydrogens is 499 g/mol. The summed E-state index contributed by atoms with van der Waals surface area (Å²) >= 11 is 0. The Labute approximate surface area is 231 Å². The molecule has 0 heterocycles. The van der Waals surface area contributed by atoms with Crippen molar-refractivity contribution < 1.29 is 23.8 Å². The van der Waals surface area contributed by atoms with Crippen LogP contribution in [0.1, 0.15) is 69.4 Å². The summed E-state index contributed by atoms with van der Waals surface area (Å²) in [5, 5.41) is 12.2. The van der Waals surface area contributed by atoms with Crippen LogP contribution in [0, 0.1) is 16.0 Å². The topological polar surface area (TPSA) is 90.7 Å². The monoisotopic (exact) mass is 540 g/mol. The van der Waals surface area contributed by atoms with E-state index in [-0.39, 0.29) is 19.1 Å². The number of alkyl halides is 1. The molecule has 0 aromatic heterocycles. The summed E-state index contributed by atoms with van der Waals surface area (Å²) in [4.78, 5) is 26.2. The largest absolute Gasteiger partial charge is 0.490 e. The summed E-state index contributed by atoms with van der Waals surface area (Å²) < 4.78 is 18.9. The fourth-order valence-corrected chi connectivity index (χ4v) is 4.09. The average molecular weight is 541 g/mol. The highest BCUT2D eigenvalue weighted by Gasteiger charge is 2.12. The van der Waals surface area contributed by atoms with E-state index in [2.05, 4.69) is 29.2 Å². The van der Waals surface area contributed by atoms with Gasteiger partial charge in [0, 0.05) is 13.0 Å². The number of unbranched alkanes of at least 4 members (excludes halogenated alkanes) is 1. The molecule has 0 saturated heterocycles. The van der Waals surface area contributed by atoms with Crippen LogP contribution in [0.25, 0.3) is 0 Å². The standard InChI is InChI=1S/C16H22N2O4.C15H19FO/c1-2-3-4-5-6-10-16(19)17-12-14-8-7-9-15(11-14)13-22-18(20)21;16-14(11-10-13-6-4-5-7-13)12-17-15-8-2-1-3-9-15/h3-4,7-9,11H,2,5-6,10,12-13H2,1H3,(H,17,19);1-3,8-11,13-14H,4-7,12H2/b4-3-;11-10+. The third-order valence-corrected chi connectivity index (χ3v) is 6.14. The van der Waals surface area contributed by atoms with Crippen LogP contribution in [0.4, 0.5) is 4.39 Å². The van der Waals surface area contributed by atoms with E-state index in [4.69, 9.17) is 4.74 Å². The quantitative estimate of drug-likeness (QED) is 0.111. The minimum absolute atomic E-state index is 0.0110. The zero-order valence-electron chi connectivity index (χ0n) is 22.8. The number of rotatable bonds is 15. The first-order chi connectivity index (χ1) is 19.0. The first kappa shape index (κ1) is 31.5. The molecule has 1 fully saturated rings. The first-order valence-corrected chi connectivity index (χ1v) is 13.7. The highest BCUT2D eigenvalue weighted by molar-refractivity contribution is 5.75. The first-order valence-electron chi connectivity index (χ1n) is 13.7. The molecule has 7 nitrogen and oxygen atoms in total. The molecule has 3 rings (SSSR count). The van der Waals surface area contributed by atoms with E-state index in [1.807, 2.05) is 42.5 Å². The molecule has 39 heavy (non-hydrogen) atoms. The van der Waals surface area contributed by atoms with Gasteiger partial charge in [0.2, 0.25) is 5.91 Å². The number of halogens is 1. The van der Waals surface area contributed by atoms with Crippen molar-refractivity contribution in [3.05, 3.63) is 100 Å². The highest BCUT2D eigenvalue weighted by Crippen LogP contribution is 2.25. The lowest BCUT2D eigenvalue weighted by Gasteiger charge is -2.08. The number of para-hydroxylation sites is 1. The molecule has 0 bridgehead atoms. The molecule has 1 aliphatic carbocycles. The minimum Gasteiger partial charge on any atom is -0.490 e. The number of benzene rings is 2. The van der Waals surface area contributed by atoms with E-state index in [9.17, 15) is 19.3 Å². The predicted octanol–water partition coefficient (Wildman–Crippen LogP) is 7.30. The van der Waals surface area contributed by atoms with Gasteiger partial charge in [-0.3, -0.25) is 4.79 Å². The van der Waals surface area contributed by atoms with Gasteiger partial charge in [-0.1, -0.05) is 86.5 Å². The number of allylic oxidation sites excluding steroid dienone is 3. The van der Waals surface area contributed by atoms with Crippen molar-refractivity contribution in [1.29, 1.82) is 0 Å². The third-order valence-electron chi connectivity index (χ3n) is 6.14. The maximum atomic E-state index is 13.5. The highest BCUT2D eigenvalue weighted by atomic mass is 19.1. The smallest absolute Gasteiger partial charge is 0.294 e. The second-order valence-electron chi connectivity index (χ2n) is 9.44. The SMILES string of the molecule is CC/C=C\CCCC(=O)NCc1cccc(CO[N+](=O)[O-])c1.FC(/C=C/C1CCCC1)COc1ccccc1. The van der Waals surface area contributed by atoms with Crippen LogP contribution >= 0.6 is 0 Å². The fraction of sp³-hybridized carbons (Fsp3) is 0.452. The van der Waals surface area contributed by atoms with Gasteiger partial charge in [-0.2, -0.15) is 0 Å². The molecular formula is C31H41FN2O5. The summed E-state index contributed by atoms with van der Waals surface area (Å²) in [6.45, 7) is 2.51. The van der Waals surface area contributed by atoms with Crippen LogP contribution < -0.4 is 10.1 Å². The molecule has 212 valence electrons. The Morgan fingerprint density at radius 3 is 2.59 bits per heavy atom. The number of hydrogen-bond donors (Lipinski definition) is 1. The zero-order valence-corrected chi connectivity index (χ0v) is 22.8. The Morgan fingerprint density at radius 2 is 1.87 bits per heavy atom. The number of ether oxygens (including phenoxy) is 1. The second-order valence-corrected chi connectivity index (χ2v) is 9.44. The molecule has 1 aliphatic rings. The molecule has 1 amide bonds. The van der Waals surface area contributed by atoms with Crippen LogP contribution in [0.5, 0.6) is 5.75 Å². The van der Waals surface area contributed by atoms with Gasteiger partial charge in [-0.15, -0.1) is 10.1 Å². The van der Waals surface area contributed by atoms with Crippen LogP contribution in [-0.2, 0) is 22.8 Å². The van der Waals surface area contributed by atoms with Crippen molar-refractivity contribution in [2.24, 2.45) is 5.92 Å². The van der Waals surface area contributed by atoms with Gasteiger partial charge in [-0.25, -0.2) is 4.39 Å². The van der Waals surface area contributed by atoms with Gasteiger partial charge in [0.1, 0.15) is 19.0 Å². The Hall–Kier alpha value is -3.68. The number of nitrogens with one attached hydrogen (secondary N) is 1. The Morgan fingerprint density at radius 1 is 1.13 bits per heavy atom. The fourth-order valence-electron chi connectivity index (χ4n) is 4.09. The molecule has 1 N–H and O–H groups in total. The summed E-state index contributed by atoms with van der Waals surface area (Å²) in [6.07, 6.45) is 15.1. The van der Waals surface area contributed by atoms with Crippen molar-refractivity contribution in [2.75, 3.05) is 6.61 Å². The lowest BCUT2D eigenvalue weighted by Crippen LogP contribution is -2.22. The Bertz CT molecular complexity index is 1020. The normalized spacial score (nSPS) is 14.1. The van der Waals surface area contributed by atoms with E-state index in [1.54, 1.807) is 24.3 Å². The van der Waals surface area contributed by atoms with E-state index < -0.39 is 11.3 Å². The van der Waals surface area contributed by atoms with E-state index in [0.29, 0.717) is 24.4 Å². The molecule has 0 radical (unpaired) electrons. The Balaban J connectivity index is 0.000000282. The molecule has 2 aromatic rings. The van der Waals surface area contributed by atoms with Crippen molar-refractivity contribution in [3.63, 3.8) is 0 Å². The van der Waals surface area contributed by atoms with Crippen LogP contribution in [0.2, 0.25) is 0 Å². The lowest BCUT2D eigenvalue weighted by molar-refractivity contribution is -0.763. The molecule has 8 heteroatoms. The summed E-state index contributed by atoms with van der Waals surface area (Å²) in [5.74, 6) is 1.33. The van der Waals surface area contributed by atoms with E-state index >= 15 is 0 Å². The summed E-state index contributed by atoms with van der Waals surface area (Å²) in [5.41, 5.74) is 1.59. The maximum absolute atomic E-state index is 13.5. The average Bonchev–Trinajstić information content (AvgIpc) is 3.48. The molecule has 2 aromatic carbocycles. The maximum Gasteiger partial charge on any atom is 0.294 e. The Kier molecular flexibility index (Phi) is 15.7. The van der Waals surface area contributed by atoms with Crippen LogP contribution in [-0.4, -0.2) is 23.8 Å². The number of hydrogen-bond acceptors (Lipinski definition) is 5. The summed E-state index contributed by atoms with van der Waals surface area (Å²) in [6, 6.07) is 16.5. The van der Waals surface area contributed by atoms with Gasteiger partial charge >= 0.3 is 0 Å². The van der Waals surface area contributed by atoms with Crippen molar-refractivity contribution >= 4 is 5.91 Å². The van der Waals surface area contributed by atoms with Crippen molar-refractivity contribution in [2.45, 2.75) is 77.6 Å². The van der Waals surface area contributed by atoms with Gasteiger partial charge < -0.3 is 14.9 Å². The summed E-state index contributed by atoms with van der Waals surface area (Å²) in [7, 11) is 0. The number of nitrogens with zero attached hydrogens (tertiary/aromatic N) is 1. The molecule has 0 aliphatic heterocycles. The molecule has 1 atom stereocenters. The van der Waals surface area contributed by atoms with Gasteiger partial charge in [0.25, 0.3) is 5.09 Å². The number of amides is 1. The number of carbonyl (C=O) groups is 1. The minimum atomic E-state index is -1.00. The predicted molar refractivity (Wildman–Crippen MR) is 151 cm³/mol. The van der Waals surface area contributed by atoms with E-state index in [1.165, 1.54) is 25.7 Å². The van der Waals surface area contributed by atoms with Crippen molar-refractivity contribution in [3.8, 4) is 5.75 Å². The van der Waals surface area contributed by atoms with E-state index in [0.717, 1.165) is 30.6 Å². The van der Waals surface area contributed by atoms with Crippen LogP contribution in [0.3, 0.4) is 0 Å². The molecule has 1 unspecified atom stereocenters. The lowest BCUT2D eigenvalue weighted by atomic mass is 10.1. The number of carbonyl (C=O) groups excluding carboxylic acids is 1. The third kappa shape index (κ3) is 15.4. The molecule has 1 saturated carbocycles. The van der Waals surface area contributed by atoms with Gasteiger partial charge in [-0.05, 0) is 61.3 Å². The molecule has 0 spiro atoms. The van der Waals surface area contributed by atoms with Crippen LogP contribution in [0.15, 0.2) is 78.9 Å². The zero-order chi connectivity index (χ0) is 28.1. The van der Waals surface area contributed by atoms with Crippen molar-refractivity contribution in [1.82, 2.24) is 5.32 Å². The van der Waals surface area contributed by atoms with Gasteiger partial charge in [0.05, 0.1) is 0 Å². The second kappa shape index (κ2) is 19.4.